The van der Waals surface area contributed by atoms with Crippen LogP contribution in [0.1, 0.15) is 71.8 Å². The van der Waals surface area contributed by atoms with Gasteiger partial charge < -0.3 is 9.13 Å². The Kier molecular flexibility index (Phi) is 5.63. The number of nitrogens with zero attached hydrogens (tertiary/aromatic N) is 4. The molecule has 0 atom stereocenters. The van der Waals surface area contributed by atoms with Crippen molar-refractivity contribution in [3.8, 4) is 0 Å². The van der Waals surface area contributed by atoms with E-state index in [0.29, 0.717) is 17.7 Å². The number of benzene rings is 1. The molecule has 2 aromatic heterocycles. The quantitative estimate of drug-likeness (QED) is 0.381. The number of hydrogen-bond donors (Lipinski definition) is 0. The largest absolute Gasteiger partial charge is 0.346 e. The highest BCUT2D eigenvalue weighted by Crippen LogP contribution is 2.40. The summed E-state index contributed by atoms with van der Waals surface area (Å²) in [6.07, 6.45) is 2.36. The lowest BCUT2D eigenvalue weighted by Crippen LogP contribution is -2.10. The molecule has 1 saturated carbocycles. The number of aryl methyl sites for hydroxylation is 1. The minimum atomic E-state index is 0.150. The van der Waals surface area contributed by atoms with Crippen LogP contribution in [0.15, 0.2) is 41.6 Å². The van der Waals surface area contributed by atoms with Gasteiger partial charge in [-0.15, -0.1) is 10.2 Å². The van der Waals surface area contributed by atoms with Gasteiger partial charge in [0, 0.05) is 28.9 Å². The molecule has 29 heavy (non-hydrogen) atoms. The number of aromatic nitrogens is 4. The zero-order chi connectivity index (χ0) is 20.5. The lowest BCUT2D eigenvalue weighted by molar-refractivity contribution is 0.102. The maximum atomic E-state index is 13.0. The zero-order valence-corrected chi connectivity index (χ0v) is 18.4. The van der Waals surface area contributed by atoms with Crippen LogP contribution in [0.2, 0.25) is 0 Å². The van der Waals surface area contributed by atoms with E-state index in [2.05, 4.69) is 64.4 Å². The molecule has 1 aromatic carbocycles. The second-order valence-corrected chi connectivity index (χ2v) is 9.09. The molecule has 5 nitrogen and oxygen atoms in total. The summed E-state index contributed by atoms with van der Waals surface area (Å²) >= 11 is 1.50. The molecule has 0 bridgehead atoms. The third-order valence-corrected chi connectivity index (χ3v) is 6.47. The van der Waals surface area contributed by atoms with E-state index in [4.69, 9.17) is 0 Å². The van der Waals surface area contributed by atoms with Crippen molar-refractivity contribution in [2.75, 3.05) is 5.75 Å². The number of hydrogen-bond acceptors (Lipinski definition) is 4. The first-order valence-electron chi connectivity index (χ1n) is 10.3. The van der Waals surface area contributed by atoms with E-state index < -0.39 is 0 Å². The Labute approximate surface area is 176 Å². The van der Waals surface area contributed by atoms with Crippen molar-refractivity contribution >= 4 is 17.5 Å². The highest BCUT2D eigenvalue weighted by molar-refractivity contribution is 7.99. The average molecular weight is 409 g/mol. The Bertz CT molecular complexity index is 1020. The topological polar surface area (TPSA) is 52.7 Å². The number of carbonyl (C=O) groups is 1. The predicted octanol–water partition coefficient (Wildman–Crippen LogP) is 5.18. The van der Waals surface area contributed by atoms with Crippen LogP contribution in [0.25, 0.3) is 0 Å². The molecule has 0 N–H and O–H groups in total. The summed E-state index contributed by atoms with van der Waals surface area (Å²) in [5.74, 6) is 2.10. The smallest absolute Gasteiger partial charge is 0.191 e. The maximum absolute atomic E-state index is 13.0. The van der Waals surface area contributed by atoms with Gasteiger partial charge in [0.25, 0.3) is 0 Å². The molecule has 1 aliphatic carbocycles. The zero-order valence-electron chi connectivity index (χ0n) is 17.6. The van der Waals surface area contributed by atoms with E-state index in [0.717, 1.165) is 34.5 Å². The minimum absolute atomic E-state index is 0.150. The molecule has 0 aliphatic heterocycles. The molecule has 6 heteroatoms. The van der Waals surface area contributed by atoms with Gasteiger partial charge in [0.15, 0.2) is 10.9 Å². The van der Waals surface area contributed by atoms with Crippen LogP contribution in [-0.2, 0) is 6.54 Å². The van der Waals surface area contributed by atoms with Gasteiger partial charge in [-0.1, -0.05) is 42.1 Å². The van der Waals surface area contributed by atoms with Crippen molar-refractivity contribution in [3.63, 3.8) is 0 Å². The molecule has 0 radical (unpaired) electrons. The summed E-state index contributed by atoms with van der Waals surface area (Å²) in [4.78, 5) is 13.0. The van der Waals surface area contributed by atoms with Crippen LogP contribution >= 0.6 is 11.8 Å². The normalized spacial score (nSPS) is 14.0. The highest BCUT2D eigenvalue weighted by Gasteiger charge is 2.30. The van der Waals surface area contributed by atoms with E-state index in [1.165, 1.54) is 30.2 Å². The first kappa shape index (κ1) is 20.0. The minimum Gasteiger partial charge on any atom is -0.346 e. The average Bonchev–Trinajstić information content (AvgIpc) is 3.39. The number of thioether (sulfide) groups is 1. The van der Waals surface area contributed by atoms with Gasteiger partial charge in [-0.25, -0.2) is 0 Å². The Morgan fingerprint density at radius 1 is 1.17 bits per heavy atom. The highest BCUT2D eigenvalue weighted by atomic mass is 32.2. The van der Waals surface area contributed by atoms with Gasteiger partial charge in [0.2, 0.25) is 0 Å². The molecule has 152 valence electrons. The molecule has 2 heterocycles. The third kappa shape index (κ3) is 4.17. The maximum Gasteiger partial charge on any atom is 0.191 e. The van der Waals surface area contributed by atoms with Gasteiger partial charge in [-0.2, -0.15) is 0 Å². The molecule has 4 rings (SSSR count). The van der Waals surface area contributed by atoms with Crippen LogP contribution < -0.4 is 0 Å². The van der Waals surface area contributed by atoms with E-state index in [-0.39, 0.29) is 5.78 Å². The molecule has 0 amide bonds. The van der Waals surface area contributed by atoms with Gasteiger partial charge in [-0.05, 0) is 52.2 Å². The van der Waals surface area contributed by atoms with Gasteiger partial charge in [-0.3, -0.25) is 4.79 Å². The molecule has 1 aliphatic rings. The molecular formula is C23H28N4OS. The van der Waals surface area contributed by atoms with E-state index in [1.807, 2.05) is 19.1 Å². The number of carbonyl (C=O) groups excluding carboxylic acids is 1. The van der Waals surface area contributed by atoms with Crippen molar-refractivity contribution in [1.29, 1.82) is 0 Å². The standard InChI is InChI=1S/C23H28N4OS/c1-15(2)27-16(3)12-20(17(27)4)21(28)14-29-23-25-24-22(19-10-11-19)26(23)13-18-8-6-5-7-9-18/h5-9,12,15,19H,10-11,13-14H2,1-4H3. The molecule has 0 unspecified atom stereocenters. The van der Waals surface area contributed by atoms with Crippen LogP contribution in [0.5, 0.6) is 0 Å². The fraction of sp³-hybridized carbons (Fsp3) is 0.435. The van der Waals surface area contributed by atoms with Gasteiger partial charge >= 0.3 is 0 Å². The summed E-state index contributed by atoms with van der Waals surface area (Å²) < 4.78 is 4.42. The van der Waals surface area contributed by atoms with Crippen LogP contribution in [0, 0.1) is 13.8 Å². The predicted molar refractivity (Wildman–Crippen MR) is 117 cm³/mol. The molecule has 0 spiro atoms. The molecular weight excluding hydrogens is 380 g/mol. The summed E-state index contributed by atoms with van der Waals surface area (Å²) in [6.45, 7) is 9.14. The number of Topliss-reactive ketones (excluding diaryl/α,β-unsaturated/α-hetero) is 1. The number of ketones is 1. The lowest BCUT2D eigenvalue weighted by atomic mass is 10.2. The monoisotopic (exact) mass is 408 g/mol. The first-order chi connectivity index (χ1) is 14.0. The first-order valence-corrected chi connectivity index (χ1v) is 11.3. The summed E-state index contributed by atoms with van der Waals surface area (Å²) in [5, 5.41) is 9.73. The fourth-order valence-electron chi connectivity index (χ4n) is 4.03. The second kappa shape index (κ2) is 8.19. The number of rotatable bonds is 8. The Morgan fingerprint density at radius 2 is 1.90 bits per heavy atom. The SMILES string of the molecule is Cc1cc(C(=O)CSc2nnc(C3CC3)n2Cc2ccccc2)c(C)n1C(C)C. The third-order valence-electron chi connectivity index (χ3n) is 5.50. The Balaban J connectivity index is 1.53. The second-order valence-electron chi connectivity index (χ2n) is 8.15. The molecule has 3 aromatic rings. The lowest BCUT2D eigenvalue weighted by Gasteiger charge is -2.13. The summed E-state index contributed by atoms with van der Waals surface area (Å²) in [5.41, 5.74) is 4.23. The Morgan fingerprint density at radius 3 is 2.52 bits per heavy atom. The van der Waals surface area contributed by atoms with Crippen molar-refractivity contribution in [1.82, 2.24) is 19.3 Å². The van der Waals surface area contributed by atoms with E-state index in [9.17, 15) is 4.79 Å². The van der Waals surface area contributed by atoms with Crippen molar-refractivity contribution in [2.45, 2.75) is 64.2 Å². The summed E-state index contributed by atoms with van der Waals surface area (Å²) in [6, 6.07) is 12.7. The van der Waals surface area contributed by atoms with Crippen LogP contribution in [0.4, 0.5) is 0 Å². The van der Waals surface area contributed by atoms with Crippen molar-refractivity contribution in [2.24, 2.45) is 0 Å². The van der Waals surface area contributed by atoms with Crippen LogP contribution in [0.3, 0.4) is 0 Å². The molecule has 1 fully saturated rings. The van der Waals surface area contributed by atoms with Gasteiger partial charge in [0.05, 0.1) is 12.3 Å². The molecule has 0 saturated heterocycles. The van der Waals surface area contributed by atoms with Crippen molar-refractivity contribution < 1.29 is 4.79 Å². The van der Waals surface area contributed by atoms with Crippen molar-refractivity contribution in [3.05, 3.63) is 64.7 Å². The van der Waals surface area contributed by atoms with E-state index >= 15 is 0 Å². The van der Waals surface area contributed by atoms with Crippen LogP contribution in [-0.4, -0.2) is 30.9 Å². The fourth-order valence-corrected chi connectivity index (χ4v) is 4.85. The summed E-state index contributed by atoms with van der Waals surface area (Å²) in [7, 11) is 0. The van der Waals surface area contributed by atoms with E-state index in [1.54, 1.807) is 0 Å². The Hall–Kier alpha value is -2.34. The van der Waals surface area contributed by atoms with Gasteiger partial charge in [0.1, 0.15) is 5.82 Å².